The van der Waals surface area contributed by atoms with Crippen LogP contribution in [-0.2, 0) is 27.3 Å². The molecule has 1 aromatic carbocycles. The van der Waals surface area contributed by atoms with E-state index < -0.39 is 5.97 Å². The molecule has 9 heteroatoms. The second kappa shape index (κ2) is 8.13. The molecule has 140 valence electrons. The highest BCUT2D eigenvalue weighted by Gasteiger charge is 2.16. The molecule has 1 amide bonds. The van der Waals surface area contributed by atoms with Gasteiger partial charge in [-0.15, -0.1) is 0 Å². The number of aromatic nitrogens is 4. The zero-order valence-corrected chi connectivity index (χ0v) is 15.7. The van der Waals surface area contributed by atoms with Crippen molar-refractivity contribution in [3.05, 3.63) is 58.1 Å². The van der Waals surface area contributed by atoms with Crippen LogP contribution < -0.4 is 5.32 Å². The first-order valence-electron chi connectivity index (χ1n) is 8.26. The third kappa shape index (κ3) is 4.59. The number of halogens is 1. The van der Waals surface area contributed by atoms with Gasteiger partial charge >= 0.3 is 5.97 Å². The second-order valence-electron chi connectivity index (χ2n) is 5.97. The SMILES string of the molecule is Cc1nc2ncnn2c(C)c1CC(=O)OCC(=O)NCc1ccc(Cl)cc1. The van der Waals surface area contributed by atoms with Crippen molar-refractivity contribution in [2.75, 3.05) is 6.61 Å². The summed E-state index contributed by atoms with van der Waals surface area (Å²) in [6.45, 7) is 3.61. The van der Waals surface area contributed by atoms with Crippen LogP contribution in [0, 0.1) is 13.8 Å². The van der Waals surface area contributed by atoms with Crippen molar-refractivity contribution in [3.63, 3.8) is 0 Å². The van der Waals surface area contributed by atoms with Gasteiger partial charge in [-0.3, -0.25) is 9.59 Å². The number of rotatable bonds is 6. The molecule has 0 unspecified atom stereocenters. The molecule has 1 N–H and O–H groups in total. The minimum absolute atomic E-state index is 0.00489. The highest BCUT2D eigenvalue weighted by atomic mass is 35.5. The van der Waals surface area contributed by atoms with E-state index in [0.717, 1.165) is 11.3 Å². The van der Waals surface area contributed by atoms with Crippen LogP contribution in [0.25, 0.3) is 5.78 Å². The smallest absolute Gasteiger partial charge is 0.310 e. The number of nitrogens with zero attached hydrogens (tertiary/aromatic N) is 4. The summed E-state index contributed by atoms with van der Waals surface area (Å²) in [5.41, 5.74) is 3.05. The summed E-state index contributed by atoms with van der Waals surface area (Å²) in [7, 11) is 0. The lowest BCUT2D eigenvalue weighted by Gasteiger charge is -2.10. The van der Waals surface area contributed by atoms with E-state index in [4.69, 9.17) is 16.3 Å². The summed E-state index contributed by atoms with van der Waals surface area (Å²) in [5, 5.41) is 7.39. The maximum atomic E-state index is 12.1. The summed E-state index contributed by atoms with van der Waals surface area (Å²) in [4.78, 5) is 32.3. The lowest BCUT2D eigenvalue weighted by atomic mass is 10.1. The van der Waals surface area contributed by atoms with E-state index in [2.05, 4.69) is 20.4 Å². The molecule has 0 aliphatic rings. The monoisotopic (exact) mass is 387 g/mol. The Bertz CT molecular complexity index is 985. The number of carbonyl (C=O) groups is 2. The molecule has 0 saturated heterocycles. The van der Waals surface area contributed by atoms with Gasteiger partial charge in [0, 0.05) is 28.5 Å². The fraction of sp³-hybridized carbons (Fsp3) is 0.278. The van der Waals surface area contributed by atoms with Crippen LogP contribution in [0.2, 0.25) is 5.02 Å². The number of aryl methyl sites for hydroxylation is 2. The Kier molecular flexibility index (Phi) is 5.66. The molecule has 8 nitrogen and oxygen atoms in total. The van der Waals surface area contributed by atoms with E-state index in [1.165, 1.54) is 6.33 Å². The van der Waals surface area contributed by atoms with Gasteiger partial charge in [0.25, 0.3) is 11.7 Å². The zero-order valence-electron chi connectivity index (χ0n) is 14.9. The number of esters is 1. The summed E-state index contributed by atoms with van der Waals surface area (Å²) in [6, 6.07) is 7.11. The molecular formula is C18H18ClN5O3. The number of hydrogen-bond donors (Lipinski definition) is 1. The number of benzene rings is 1. The summed E-state index contributed by atoms with van der Waals surface area (Å²) in [6.07, 6.45) is 1.41. The molecule has 0 spiro atoms. The maximum Gasteiger partial charge on any atom is 0.310 e. The van der Waals surface area contributed by atoms with Crippen LogP contribution in [0.1, 0.15) is 22.5 Å². The molecule has 2 aromatic heterocycles. The molecule has 0 aliphatic heterocycles. The summed E-state index contributed by atoms with van der Waals surface area (Å²) < 4.78 is 6.64. The molecule has 3 aromatic rings. The molecular weight excluding hydrogens is 370 g/mol. The molecule has 0 saturated carbocycles. The van der Waals surface area contributed by atoms with Crippen LogP contribution in [0.4, 0.5) is 0 Å². The second-order valence-corrected chi connectivity index (χ2v) is 6.41. The van der Waals surface area contributed by atoms with E-state index in [1.54, 1.807) is 23.6 Å². The third-order valence-corrected chi connectivity index (χ3v) is 4.33. The number of amides is 1. The zero-order chi connectivity index (χ0) is 19.4. The van der Waals surface area contributed by atoms with E-state index in [9.17, 15) is 9.59 Å². The van der Waals surface area contributed by atoms with Crippen LogP contribution in [0.3, 0.4) is 0 Å². The van der Waals surface area contributed by atoms with Crippen molar-refractivity contribution in [2.45, 2.75) is 26.8 Å². The Morgan fingerprint density at radius 2 is 1.96 bits per heavy atom. The molecule has 27 heavy (non-hydrogen) atoms. The number of carbonyl (C=O) groups excluding carboxylic acids is 2. The largest absolute Gasteiger partial charge is 0.455 e. The van der Waals surface area contributed by atoms with E-state index in [-0.39, 0.29) is 18.9 Å². The minimum atomic E-state index is -0.510. The average molecular weight is 388 g/mol. The van der Waals surface area contributed by atoms with Gasteiger partial charge in [-0.25, -0.2) is 9.50 Å². The molecule has 0 radical (unpaired) electrons. The predicted octanol–water partition coefficient (Wildman–Crippen LogP) is 1.80. The number of hydrogen-bond acceptors (Lipinski definition) is 6. The van der Waals surface area contributed by atoms with Gasteiger partial charge in [0.1, 0.15) is 6.33 Å². The van der Waals surface area contributed by atoms with Crippen LogP contribution in [0.5, 0.6) is 0 Å². The Labute approximate surface area is 160 Å². The highest BCUT2D eigenvalue weighted by Crippen LogP contribution is 2.14. The number of fused-ring (bicyclic) bond motifs is 1. The quantitative estimate of drug-likeness (QED) is 0.647. The van der Waals surface area contributed by atoms with Gasteiger partial charge in [-0.2, -0.15) is 10.1 Å². The van der Waals surface area contributed by atoms with E-state index >= 15 is 0 Å². The van der Waals surface area contributed by atoms with Crippen molar-refractivity contribution in [2.24, 2.45) is 0 Å². The first-order valence-corrected chi connectivity index (χ1v) is 8.64. The molecule has 0 fully saturated rings. The summed E-state index contributed by atoms with van der Waals surface area (Å²) in [5.74, 6) is -0.413. The Morgan fingerprint density at radius 3 is 2.70 bits per heavy atom. The predicted molar refractivity (Wildman–Crippen MR) is 98.2 cm³/mol. The van der Waals surface area contributed by atoms with Gasteiger partial charge in [0.05, 0.1) is 6.42 Å². The van der Waals surface area contributed by atoms with E-state index in [0.29, 0.717) is 28.6 Å². The van der Waals surface area contributed by atoms with Gasteiger partial charge in [0.2, 0.25) is 0 Å². The first-order chi connectivity index (χ1) is 12.9. The Hall–Kier alpha value is -3.00. The Morgan fingerprint density at radius 1 is 1.22 bits per heavy atom. The van der Waals surface area contributed by atoms with Gasteiger partial charge in [-0.05, 0) is 31.5 Å². The molecule has 0 aliphatic carbocycles. The Balaban J connectivity index is 1.52. The average Bonchev–Trinajstić information content (AvgIpc) is 3.11. The van der Waals surface area contributed by atoms with Crippen molar-refractivity contribution >= 4 is 29.3 Å². The van der Waals surface area contributed by atoms with Crippen molar-refractivity contribution in [1.29, 1.82) is 0 Å². The third-order valence-electron chi connectivity index (χ3n) is 4.08. The molecule has 3 rings (SSSR count). The fourth-order valence-corrected chi connectivity index (χ4v) is 2.73. The van der Waals surface area contributed by atoms with E-state index in [1.807, 2.05) is 19.1 Å². The molecule has 0 atom stereocenters. The fourth-order valence-electron chi connectivity index (χ4n) is 2.61. The lowest BCUT2D eigenvalue weighted by molar-refractivity contribution is -0.147. The van der Waals surface area contributed by atoms with Crippen molar-refractivity contribution < 1.29 is 14.3 Å². The molecule has 0 bridgehead atoms. The van der Waals surface area contributed by atoms with Crippen molar-refractivity contribution in [1.82, 2.24) is 24.9 Å². The maximum absolute atomic E-state index is 12.1. The van der Waals surface area contributed by atoms with Crippen LogP contribution in [-0.4, -0.2) is 38.1 Å². The van der Waals surface area contributed by atoms with Crippen LogP contribution >= 0.6 is 11.6 Å². The summed E-state index contributed by atoms with van der Waals surface area (Å²) >= 11 is 5.82. The van der Waals surface area contributed by atoms with Crippen molar-refractivity contribution in [3.8, 4) is 0 Å². The number of nitrogens with one attached hydrogen (secondary N) is 1. The number of ether oxygens (including phenoxy) is 1. The van der Waals surface area contributed by atoms with Gasteiger partial charge < -0.3 is 10.1 Å². The topological polar surface area (TPSA) is 98.5 Å². The highest BCUT2D eigenvalue weighted by molar-refractivity contribution is 6.30. The first kappa shape index (κ1) is 18.8. The van der Waals surface area contributed by atoms with Gasteiger partial charge in [0.15, 0.2) is 6.61 Å². The van der Waals surface area contributed by atoms with Crippen LogP contribution in [0.15, 0.2) is 30.6 Å². The standard InChI is InChI=1S/C18H18ClN5O3/c1-11-15(12(2)24-18(23-11)21-10-22-24)7-17(26)27-9-16(25)20-8-13-3-5-14(19)6-4-13/h3-6,10H,7-9H2,1-2H3,(H,20,25). The normalized spacial score (nSPS) is 10.8. The van der Waals surface area contributed by atoms with Gasteiger partial charge in [-0.1, -0.05) is 23.7 Å². The minimum Gasteiger partial charge on any atom is -0.455 e. The molecule has 2 heterocycles. The lowest BCUT2D eigenvalue weighted by Crippen LogP contribution is -2.28.